The zero-order valence-corrected chi connectivity index (χ0v) is 15.7. The summed E-state index contributed by atoms with van der Waals surface area (Å²) in [6.07, 6.45) is 2.60. The van der Waals surface area contributed by atoms with Crippen molar-refractivity contribution in [1.29, 1.82) is 0 Å². The highest BCUT2D eigenvalue weighted by Gasteiger charge is 2.14. The zero-order valence-electron chi connectivity index (χ0n) is 15.7. The monoisotopic (exact) mass is 369 g/mol. The van der Waals surface area contributed by atoms with Crippen molar-refractivity contribution >= 4 is 17.4 Å². The van der Waals surface area contributed by atoms with Crippen LogP contribution in [0.3, 0.4) is 0 Å². The van der Waals surface area contributed by atoms with Crippen molar-refractivity contribution < 1.29 is 9.53 Å². The van der Waals surface area contributed by atoms with E-state index >= 15 is 0 Å². The largest absolute Gasteiger partial charge is 0.495 e. The smallest absolute Gasteiger partial charge is 0.255 e. The molecule has 1 saturated heterocycles. The van der Waals surface area contributed by atoms with E-state index in [1.54, 1.807) is 25.4 Å². The summed E-state index contributed by atoms with van der Waals surface area (Å²) < 4.78 is 5.36. The van der Waals surface area contributed by atoms with Crippen molar-refractivity contribution in [2.24, 2.45) is 0 Å². The fraction of sp³-hybridized carbons (Fsp3) is 0.400. The summed E-state index contributed by atoms with van der Waals surface area (Å²) in [5.41, 5.74) is 1.29. The number of methoxy groups -OCH3 is 1. The second-order valence-corrected chi connectivity index (χ2v) is 6.43. The first kappa shape index (κ1) is 19.1. The van der Waals surface area contributed by atoms with Crippen molar-refractivity contribution in [1.82, 2.24) is 20.5 Å². The van der Waals surface area contributed by atoms with Crippen LogP contribution in [0.1, 0.15) is 16.8 Å². The highest BCUT2D eigenvalue weighted by atomic mass is 16.5. The van der Waals surface area contributed by atoms with Crippen LogP contribution >= 0.6 is 0 Å². The number of rotatable bonds is 8. The third-order valence-corrected chi connectivity index (χ3v) is 4.56. The van der Waals surface area contributed by atoms with Gasteiger partial charge in [0.25, 0.3) is 5.91 Å². The molecule has 3 rings (SSSR count). The standard InChI is InChI=1S/C20H27N5O2/c1-27-18-8-3-2-7-17(18)24-19-16(6-4-9-22-19)20(26)23-10-5-13-25-14-11-21-12-15-25/h2-4,6-9,21H,5,10-15H2,1H3,(H,22,24)(H,23,26). The van der Waals surface area contributed by atoms with Crippen LogP contribution in [0.2, 0.25) is 0 Å². The number of pyridine rings is 1. The summed E-state index contributed by atoms with van der Waals surface area (Å²) in [7, 11) is 1.62. The van der Waals surface area contributed by atoms with Crippen molar-refractivity contribution in [3.63, 3.8) is 0 Å². The van der Waals surface area contributed by atoms with Gasteiger partial charge in [0.1, 0.15) is 11.6 Å². The average Bonchev–Trinajstić information content (AvgIpc) is 2.72. The van der Waals surface area contributed by atoms with E-state index in [0.717, 1.165) is 44.8 Å². The Hall–Kier alpha value is -2.64. The number of para-hydroxylation sites is 2. The van der Waals surface area contributed by atoms with E-state index in [4.69, 9.17) is 4.74 Å². The Bertz CT molecular complexity index is 747. The summed E-state index contributed by atoms with van der Waals surface area (Å²) >= 11 is 0. The van der Waals surface area contributed by atoms with Gasteiger partial charge in [-0.3, -0.25) is 4.79 Å². The van der Waals surface area contributed by atoms with Crippen LogP contribution in [0.4, 0.5) is 11.5 Å². The molecule has 2 aromatic rings. The van der Waals surface area contributed by atoms with Crippen LogP contribution in [-0.4, -0.2) is 62.2 Å². The first-order valence-electron chi connectivity index (χ1n) is 9.34. The van der Waals surface area contributed by atoms with Gasteiger partial charge < -0.3 is 25.6 Å². The Morgan fingerprint density at radius 2 is 2.04 bits per heavy atom. The predicted octanol–water partition coefficient (Wildman–Crippen LogP) is 1.86. The number of hydrogen-bond acceptors (Lipinski definition) is 6. The summed E-state index contributed by atoms with van der Waals surface area (Å²) in [5.74, 6) is 1.09. The summed E-state index contributed by atoms with van der Waals surface area (Å²) in [4.78, 5) is 19.4. The van der Waals surface area contributed by atoms with Gasteiger partial charge in [-0.05, 0) is 37.2 Å². The molecule has 144 valence electrons. The van der Waals surface area contributed by atoms with Crippen LogP contribution in [0.5, 0.6) is 5.75 Å². The number of ether oxygens (including phenoxy) is 1. The van der Waals surface area contributed by atoms with E-state index < -0.39 is 0 Å². The molecule has 1 aromatic carbocycles. The summed E-state index contributed by atoms with van der Waals surface area (Å²) in [6.45, 7) is 5.88. The van der Waals surface area contributed by atoms with Crippen LogP contribution in [0.15, 0.2) is 42.6 Å². The lowest BCUT2D eigenvalue weighted by atomic mass is 10.2. The van der Waals surface area contributed by atoms with Crippen LogP contribution in [0, 0.1) is 0 Å². The summed E-state index contributed by atoms with van der Waals surface area (Å²) in [6, 6.07) is 11.1. The highest BCUT2D eigenvalue weighted by molar-refractivity contribution is 5.99. The molecule has 0 unspecified atom stereocenters. The van der Waals surface area contributed by atoms with E-state index in [1.165, 1.54) is 0 Å². The molecule has 27 heavy (non-hydrogen) atoms. The first-order chi connectivity index (χ1) is 13.3. The van der Waals surface area contributed by atoms with Crippen molar-refractivity contribution in [2.45, 2.75) is 6.42 Å². The molecule has 7 heteroatoms. The Morgan fingerprint density at radius 1 is 1.22 bits per heavy atom. The number of piperazine rings is 1. The highest BCUT2D eigenvalue weighted by Crippen LogP contribution is 2.27. The van der Waals surface area contributed by atoms with Crippen LogP contribution in [-0.2, 0) is 0 Å². The molecule has 3 N–H and O–H groups in total. The maximum atomic E-state index is 12.6. The maximum absolute atomic E-state index is 12.6. The Labute approximate surface area is 160 Å². The minimum Gasteiger partial charge on any atom is -0.495 e. The van der Waals surface area contributed by atoms with Crippen LogP contribution < -0.4 is 20.7 Å². The van der Waals surface area contributed by atoms with Gasteiger partial charge in [-0.2, -0.15) is 0 Å². The zero-order chi connectivity index (χ0) is 18.9. The van der Waals surface area contributed by atoms with Crippen molar-refractivity contribution in [3.05, 3.63) is 48.2 Å². The number of amides is 1. The molecule has 0 spiro atoms. The molecule has 0 radical (unpaired) electrons. The Balaban J connectivity index is 1.57. The molecule has 0 aliphatic carbocycles. The van der Waals surface area contributed by atoms with Gasteiger partial charge in [0.05, 0.1) is 18.4 Å². The number of hydrogen-bond donors (Lipinski definition) is 3. The van der Waals surface area contributed by atoms with Gasteiger partial charge in [-0.15, -0.1) is 0 Å². The quantitative estimate of drug-likeness (QED) is 0.617. The second kappa shape index (κ2) is 9.89. The normalized spacial score (nSPS) is 14.6. The minimum absolute atomic E-state index is 0.124. The number of nitrogens with one attached hydrogen (secondary N) is 3. The molecule has 1 aromatic heterocycles. The van der Waals surface area contributed by atoms with Crippen molar-refractivity contribution in [3.8, 4) is 5.75 Å². The lowest BCUT2D eigenvalue weighted by Crippen LogP contribution is -2.44. The van der Waals surface area contributed by atoms with Gasteiger partial charge in [-0.25, -0.2) is 4.98 Å². The molecule has 0 atom stereocenters. The van der Waals surface area contributed by atoms with E-state index in [9.17, 15) is 4.79 Å². The lowest BCUT2D eigenvalue weighted by molar-refractivity contribution is 0.0952. The molecular formula is C20H27N5O2. The number of aromatic nitrogens is 1. The molecule has 7 nitrogen and oxygen atoms in total. The third kappa shape index (κ3) is 5.42. The lowest BCUT2D eigenvalue weighted by Gasteiger charge is -2.27. The van der Waals surface area contributed by atoms with Gasteiger partial charge in [-0.1, -0.05) is 12.1 Å². The first-order valence-corrected chi connectivity index (χ1v) is 9.34. The third-order valence-electron chi connectivity index (χ3n) is 4.56. The fourth-order valence-corrected chi connectivity index (χ4v) is 3.10. The van der Waals surface area contributed by atoms with E-state index in [0.29, 0.717) is 23.7 Å². The van der Waals surface area contributed by atoms with Gasteiger partial charge in [0.2, 0.25) is 0 Å². The second-order valence-electron chi connectivity index (χ2n) is 6.43. The summed E-state index contributed by atoms with van der Waals surface area (Å²) in [5, 5.41) is 9.55. The topological polar surface area (TPSA) is 78.5 Å². The molecular weight excluding hydrogens is 342 g/mol. The molecule has 0 bridgehead atoms. The SMILES string of the molecule is COc1ccccc1Nc1ncccc1C(=O)NCCCN1CCNCC1. The number of carbonyl (C=O) groups excluding carboxylic acids is 1. The molecule has 1 amide bonds. The predicted molar refractivity (Wildman–Crippen MR) is 107 cm³/mol. The van der Waals surface area contributed by atoms with Gasteiger partial charge in [0, 0.05) is 38.9 Å². The average molecular weight is 369 g/mol. The number of benzene rings is 1. The van der Waals surface area contributed by atoms with E-state index in [1.807, 2.05) is 24.3 Å². The van der Waals surface area contributed by atoms with Gasteiger partial charge in [0.15, 0.2) is 0 Å². The van der Waals surface area contributed by atoms with Gasteiger partial charge >= 0.3 is 0 Å². The number of anilines is 2. The van der Waals surface area contributed by atoms with Crippen molar-refractivity contribution in [2.75, 3.05) is 51.7 Å². The molecule has 1 aliphatic heterocycles. The molecule has 1 fully saturated rings. The molecule has 1 aliphatic rings. The number of carbonyl (C=O) groups is 1. The fourth-order valence-electron chi connectivity index (χ4n) is 3.10. The number of nitrogens with zero attached hydrogens (tertiary/aromatic N) is 2. The van der Waals surface area contributed by atoms with E-state index in [2.05, 4.69) is 25.8 Å². The Morgan fingerprint density at radius 3 is 2.85 bits per heavy atom. The molecule has 0 saturated carbocycles. The minimum atomic E-state index is -0.124. The van der Waals surface area contributed by atoms with E-state index in [-0.39, 0.29) is 5.91 Å². The van der Waals surface area contributed by atoms with Crippen LogP contribution in [0.25, 0.3) is 0 Å². The Kier molecular flexibility index (Phi) is 7.01. The maximum Gasteiger partial charge on any atom is 0.255 e. The molecule has 2 heterocycles.